The van der Waals surface area contributed by atoms with Crippen LogP contribution in [0.4, 0.5) is 0 Å². The topological polar surface area (TPSA) is 12.0 Å². The van der Waals surface area contributed by atoms with Crippen molar-refractivity contribution < 1.29 is 0 Å². The van der Waals surface area contributed by atoms with Crippen LogP contribution in [0.1, 0.15) is 38.5 Å². The Kier molecular flexibility index (Phi) is 5.13. The van der Waals surface area contributed by atoms with Crippen molar-refractivity contribution in [2.24, 2.45) is 0 Å². The first-order chi connectivity index (χ1) is 5.50. The number of hydrogen-bond donors (Lipinski definition) is 1. The summed E-state index contributed by atoms with van der Waals surface area (Å²) in [7, 11) is 0. The minimum Gasteiger partial charge on any atom is -0.316 e. The van der Waals surface area contributed by atoms with Gasteiger partial charge in [0.05, 0.1) is 0 Å². The minimum absolute atomic E-state index is 1.16. The smallest absolute Gasteiger partial charge is 0.00143 e. The molecule has 0 spiro atoms. The lowest BCUT2D eigenvalue weighted by Crippen LogP contribution is -2.15. The van der Waals surface area contributed by atoms with Gasteiger partial charge in [-0.1, -0.05) is 25.0 Å². The molecule has 0 bridgehead atoms. The molecule has 1 heteroatoms. The van der Waals surface area contributed by atoms with Gasteiger partial charge in [-0.2, -0.15) is 0 Å². The number of hydrogen-bond acceptors (Lipinski definition) is 1. The number of allylic oxidation sites excluding steroid dienone is 1. The summed E-state index contributed by atoms with van der Waals surface area (Å²) in [5.74, 6) is 0. The molecule has 1 aliphatic heterocycles. The highest BCUT2D eigenvalue weighted by Gasteiger charge is 1.91. The van der Waals surface area contributed by atoms with Crippen molar-refractivity contribution in [1.82, 2.24) is 5.32 Å². The largest absolute Gasteiger partial charge is 0.316 e. The van der Waals surface area contributed by atoms with E-state index in [1.165, 1.54) is 45.1 Å². The van der Waals surface area contributed by atoms with E-state index < -0.39 is 0 Å². The lowest BCUT2D eigenvalue weighted by molar-refractivity contribution is 0.598. The lowest BCUT2D eigenvalue weighted by atomic mass is 10.1. The maximum absolute atomic E-state index is 3.43. The fraction of sp³-hybridized carbons (Fsp3) is 0.800. The normalized spacial score (nSPS) is 25.5. The van der Waals surface area contributed by atoms with Gasteiger partial charge in [-0.25, -0.2) is 0 Å². The molecule has 0 aromatic carbocycles. The van der Waals surface area contributed by atoms with Crippen molar-refractivity contribution >= 4 is 0 Å². The third kappa shape index (κ3) is 5.02. The van der Waals surface area contributed by atoms with Gasteiger partial charge in [-0.15, -0.1) is 0 Å². The molecule has 0 radical (unpaired) electrons. The first-order valence-corrected chi connectivity index (χ1v) is 4.86. The van der Waals surface area contributed by atoms with Crippen LogP contribution in [0.2, 0.25) is 0 Å². The van der Waals surface area contributed by atoms with Crippen LogP contribution in [0, 0.1) is 0 Å². The summed E-state index contributed by atoms with van der Waals surface area (Å²) in [5, 5.41) is 3.43. The van der Waals surface area contributed by atoms with Gasteiger partial charge >= 0.3 is 0 Å². The highest BCUT2D eigenvalue weighted by Crippen LogP contribution is 2.04. The van der Waals surface area contributed by atoms with E-state index in [1.54, 1.807) is 0 Å². The van der Waals surface area contributed by atoms with Crippen molar-refractivity contribution in [3.8, 4) is 0 Å². The van der Waals surface area contributed by atoms with Gasteiger partial charge in [-0.3, -0.25) is 0 Å². The number of nitrogens with one attached hydrogen (secondary N) is 1. The average Bonchev–Trinajstić information content (AvgIpc) is 2.08. The molecule has 0 saturated carbocycles. The van der Waals surface area contributed by atoms with Crippen LogP contribution in [-0.4, -0.2) is 13.1 Å². The Morgan fingerprint density at radius 3 is 2.55 bits per heavy atom. The first kappa shape index (κ1) is 8.79. The van der Waals surface area contributed by atoms with Crippen molar-refractivity contribution in [3.63, 3.8) is 0 Å². The van der Waals surface area contributed by atoms with Gasteiger partial charge in [-0.05, 0) is 38.8 Å². The zero-order chi connectivity index (χ0) is 7.78. The van der Waals surface area contributed by atoms with E-state index >= 15 is 0 Å². The number of rotatable bonds is 0. The maximum Gasteiger partial charge on any atom is -0.00143 e. The van der Waals surface area contributed by atoms with Gasteiger partial charge in [0.1, 0.15) is 0 Å². The molecule has 1 heterocycles. The lowest BCUT2D eigenvalue weighted by Gasteiger charge is -2.00. The van der Waals surface area contributed by atoms with Crippen molar-refractivity contribution in [2.45, 2.75) is 38.5 Å². The molecule has 0 atom stereocenters. The molecule has 0 fully saturated rings. The van der Waals surface area contributed by atoms with Crippen LogP contribution in [-0.2, 0) is 0 Å². The molecular formula is C10H19N. The van der Waals surface area contributed by atoms with Crippen molar-refractivity contribution in [2.75, 3.05) is 13.1 Å². The Morgan fingerprint density at radius 1 is 0.727 bits per heavy atom. The summed E-state index contributed by atoms with van der Waals surface area (Å²) >= 11 is 0. The van der Waals surface area contributed by atoms with Crippen LogP contribution in [0.3, 0.4) is 0 Å². The van der Waals surface area contributed by atoms with Crippen molar-refractivity contribution in [3.05, 3.63) is 12.2 Å². The van der Waals surface area contributed by atoms with E-state index in [0.29, 0.717) is 0 Å². The van der Waals surface area contributed by atoms with Crippen LogP contribution in [0.15, 0.2) is 12.2 Å². The summed E-state index contributed by atoms with van der Waals surface area (Å²) in [6, 6.07) is 0. The predicted octanol–water partition coefficient (Wildman–Crippen LogP) is 2.49. The molecule has 0 aromatic heterocycles. The Bertz CT molecular complexity index is 95.4. The Balaban J connectivity index is 2.11. The molecule has 1 aliphatic rings. The third-order valence-corrected chi connectivity index (χ3v) is 2.13. The zero-order valence-electron chi connectivity index (χ0n) is 7.31. The van der Waals surface area contributed by atoms with Gasteiger partial charge in [0, 0.05) is 0 Å². The quantitative estimate of drug-likeness (QED) is 0.527. The molecule has 64 valence electrons. The zero-order valence-corrected chi connectivity index (χ0v) is 7.31. The van der Waals surface area contributed by atoms with E-state index in [1.807, 2.05) is 0 Å². The highest BCUT2D eigenvalue weighted by molar-refractivity contribution is 4.82. The van der Waals surface area contributed by atoms with Crippen molar-refractivity contribution in [1.29, 1.82) is 0 Å². The fourth-order valence-electron chi connectivity index (χ4n) is 1.41. The third-order valence-electron chi connectivity index (χ3n) is 2.13. The van der Waals surface area contributed by atoms with E-state index in [9.17, 15) is 0 Å². The first-order valence-electron chi connectivity index (χ1n) is 4.86. The molecule has 0 aromatic rings. The van der Waals surface area contributed by atoms with E-state index in [4.69, 9.17) is 0 Å². The summed E-state index contributed by atoms with van der Waals surface area (Å²) in [6.07, 6.45) is 12.7. The standard InChI is InChI=1S/C10H19N/c1-2-4-6-8-10-11-9-7-5-3-1/h3,5,11H,1-2,4,6-10H2/b5-3-. The van der Waals surface area contributed by atoms with Gasteiger partial charge < -0.3 is 5.32 Å². The second kappa shape index (κ2) is 6.41. The van der Waals surface area contributed by atoms with Gasteiger partial charge in [0.2, 0.25) is 0 Å². The molecule has 0 unspecified atom stereocenters. The Morgan fingerprint density at radius 2 is 1.55 bits per heavy atom. The van der Waals surface area contributed by atoms with Crippen LogP contribution >= 0.6 is 0 Å². The Hall–Kier alpha value is -0.300. The molecule has 0 saturated heterocycles. The van der Waals surface area contributed by atoms with Crippen LogP contribution in [0.25, 0.3) is 0 Å². The second-order valence-electron chi connectivity index (χ2n) is 3.21. The highest BCUT2D eigenvalue weighted by atomic mass is 14.8. The van der Waals surface area contributed by atoms with E-state index in [0.717, 1.165) is 6.54 Å². The SMILES string of the molecule is C1=C\CCNCCCCCC/1. The molecule has 0 amide bonds. The maximum atomic E-state index is 3.43. The van der Waals surface area contributed by atoms with Crippen LogP contribution in [0.5, 0.6) is 0 Å². The van der Waals surface area contributed by atoms with E-state index in [-0.39, 0.29) is 0 Å². The van der Waals surface area contributed by atoms with Gasteiger partial charge in [0.15, 0.2) is 0 Å². The second-order valence-corrected chi connectivity index (χ2v) is 3.21. The monoisotopic (exact) mass is 153 g/mol. The molecule has 1 rings (SSSR count). The summed E-state index contributed by atoms with van der Waals surface area (Å²) in [6.45, 7) is 2.38. The van der Waals surface area contributed by atoms with Crippen LogP contribution < -0.4 is 5.32 Å². The molecule has 1 N–H and O–H groups in total. The summed E-state index contributed by atoms with van der Waals surface area (Å²) in [4.78, 5) is 0. The summed E-state index contributed by atoms with van der Waals surface area (Å²) < 4.78 is 0. The van der Waals surface area contributed by atoms with Gasteiger partial charge in [0.25, 0.3) is 0 Å². The molecule has 11 heavy (non-hydrogen) atoms. The average molecular weight is 153 g/mol. The molecule has 0 aliphatic carbocycles. The Labute approximate surface area is 69.9 Å². The molecular weight excluding hydrogens is 134 g/mol. The predicted molar refractivity (Wildman–Crippen MR) is 49.7 cm³/mol. The minimum atomic E-state index is 1.16. The fourth-order valence-corrected chi connectivity index (χ4v) is 1.41. The van der Waals surface area contributed by atoms with E-state index in [2.05, 4.69) is 17.5 Å². The summed E-state index contributed by atoms with van der Waals surface area (Å²) in [5.41, 5.74) is 0. The molecule has 1 nitrogen and oxygen atoms in total.